The van der Waals surface area contributed by atoms with Gasteiger partial charge in [0.1, 0.15) is 0 Å². The number of benzene rings is 1. The minimum absolute atomic E-state index is 0.662. The van der Waals surface area contributed by atoms with Gasteiger partial charge in [0.2, 0.25) is 0 Å². The van der Waals surface area contributed by atoms with Crippen molar-refractivity contribution < 1.29 is 0 Å². The highest BCUT2D eigenvalue weighted by atomic mass is 14.9. The van der Waals surface area contributed by atoms with E-state index < -0.39 is 0 Å². The second kappa shape index (κ2) is 6.26. The lowest BCUT2D eigenvalue weighted by molar-refractivity contribution is 0.551. The van der Waals surface area contributed by atoms with E-state index in [1.807, 2.05) is 42.7 Å². The van der Waals surface area contributed by atoms with Gasteiger partial charge in [0.05, 0.1) is 0 Å². The summed E-state index contributed by atoms with van der Waals surface area (Å²) < 4.78 is 0. The third kappa shape index (κ3) is 3.64. The molecule has 0 radical (unpaired) electrons. The Bertz CT molecular complexity index is 463. The molecule has 18 heavy (non-hydrogen) atoms. The third-order valence-corrected chi connectivity index (χ3v) is 2.62. The van der Waals surface area contributed by atoms with Crippen LogP contribution in [0.1, 0.15) is 19.4 Å². The number of nitrogens with one attached hydrogen (secondary N) is 1. The van der Waals surface area contributed by atoms with Crippen LogP contribution in [-0.4, -0.2) is 16.5 Å². The van der Waals surface area contributed by atoms with Crippen molar-refractivity contribution in [1.82, 2.24) is 15.3 Å². The van der Waals surface area contributed by atoms with Crippen molar-refractivity contribution in [2.45, 2.75) is 20.4 Å². The first-order valence-corrected chi connectivity index (χ1v) is 6.33. The average molecular weight is 241 g/mol. The fraction of sp³-hybridized carbons (Fsp3) is 0.333. The van der Waals surface area contributed by atoms with Gasteiger partial charge in [-0.05, 0) is 12.5 Å². The van der Waals surface area contributed by atoms with Crippen LogP contribution in [0.15, 0.2) is 42.7 Å². The molecule has 0 unspecified atom stereocenters. The Kier molecular flexibility index (Phi) is 4.42. The molecule has 1 N–H and O–H groups in total. The molecule has 0 aliphatic carbocycles. The van der Waals surface area contributed by atoms with E-state index in [-0.39, 0.29) is 0 Å². The normalized spacial score (nSPS) is 10.8. The first-order valence-electron chi connectivity index (χ1n) is 6.33. The molecular weight excluding hydrogens is 222 g/mol. The molecule has 0 bridgehead atoms. The van der Waals surface area contributed by atoms with Gasteiger partial charge in [-0.15, -0.1) is 0 Å². The van der Waals surface area contributed by atoms with Crippen LogP contribution in [-0.2, 0) is 6.54 Å². The van der Waals surface area contributed by atoms with Crippen LogP contribution in [0.2, 0.25) is 0 Å². The standard InChI is InChI=1S/C15H19N3/c1-12(2)8-16-9-13-10-17-15(18-11-13)14-6-4-3-5-7-14/h3-7,10-12,16H,8-9H2,1-2H3. The molecule has 2 aromatic rings. The number of rotatable bonds is 5. The third-order valence-electron chi connectivity index (χ3n) is 2.62. The Morgan fingerprint density at radius 1 is 1.06 bits per heavy atom. The van der Waals surface area contributed by atoms with E-state index in [2.05, 4.69) is 29.1 Å². The van der Waals surface area contributed by atoms with E-state index in [0.29, 0.717) is 5.92 Å². The van der Waals surface area contributed by atoms with Gasteiger partial charge in [0.15, 0.2) is 5.82 Å². The maximum absolute atomic E-state index is 4.40. The van der Waals surface area contributed by atoms with Crippen LogP contribution in [0.25, 0.3) is 11.4 Å². The van der Waals surface area contributed by atoms with Crippen molar-refractivity contribution in [3.8, 4) is 11.4 Å². The van der Waals surface area contributed by atoms with Gasteiger partial charge >= 0.3 is 0 Å². The van der Waals surface area contributed by atoms with E-state index >= 15 is 0 Å². The summed E-state index contributed by atoms with van der Waals surface area (Å²) in [6.07, 6.45) is 3.78. The maximum Gasteiger partial charge on any atom is 0.159 e. The minimum Gasteiger partial charge on any atom is -0.312 e. The maximum atomic E-state index is 4.40. The fourth-order valence-electron chi connectivity index (χ4n) is 1.69. The van der Waals surface area contributed by atoms with Gasteiger partial charge in [-0.2, -0.15) is 0 Å². The molecule has 1 aromatic heterocycles. The van der Waals surface area contributed by atoms with E-state index in [9.17, 15) is 0 Å². The summed E-state index contributed by atoms with van der Waals surface area (Å²) in [5, 5.41) is 3.38. The second-order valence-corrected chi connectivity index (χ2v) is 4.81. The van der Waals surface area contributed by atoms with Gasteiger partial charge < -0.3 is 5.32 Å². The van der Waals surface area contributed by atoms with E-state index in [0.717, 1.165) is 30.0 Å². The molecule has 0 aliphatic heterocycles. The number of nitrogens with zero attached hydrogens (tertiary/aromatic N) is 2. The number of hydrogen-bond acceptors (Lipinski definition) is 3. The number of hydrogen-bond donors (Lipinski definition) is 1. The molecule has 3 nitrogen and oxygen atoms in total. The lowest BCUT2D eigenvalue weighted by atomic mass is 10.2. The Labute approximate surface area is 108 Å². The Morgan fingerprint density at radius 2 is 1.72 bits per heavy atom. The number of aromatic nitrogens is 2. The molecule has 0 saturated heterocycles. The molecule has 94 valence electrons. The van der Waals surface area contributed by atoms with Crippen LogP contribution < -0.4 is 5.32 Å². The van der Waals surface area contributed by atoms with Crippen molar-refractivity contribution >= 4 is 0 Å². The van der Waals surface area contributed by atoms with Gasteiger partial charge in [-0.1, -0.05) is 44.2 Å². The predicted octanol–water partition coefficient (Wildman–Crippen LogP) is 2.89. The lowest BCUT2D eigenvalue weighted by Gasteiger charge is -2.07. The van der Waals surface area contributed by atoms with Gasteiger partial charge in [-0.25, -0.2) is 9.97 Å². The molecule has 2 rings (SSSR count). The topological polar surface area (TPSA) is 37.8 Å². The van der Waals surface area contributed by atoms with E-state index in [1.54, 1.807) is 0 Å². The lowest BCUT2D eigenvalue weighted by Crippen LogP contribution is -2.19. The van der Waals surface area contributed by atoms with Crippen molar-refractivity contribution in [3.63, 3.8) is 0 Å². The molecular formula is C15H19N3. The first-order chi connectivity index (χ1) is 8.75. The van der Waals surface area contributed by atoms with Crippen molar-refractivity contribution in [1.29, 1.82) is 0 Å². The zero-order chi connectivity index (χ0) is 12.8. The summed E-state index contributed by atoms with van der Waals surface area (Å²) in [5.74, 6) is 1.44. The molecule has 0 aliphatic rings. The van der Waals surface area contributed by atoms with Crippen LogP contribution in [0.4, 0.5) is 0 Å². The van der Waals surface area contributed by atoms with Crippen LogP contribution in [0.3, 0.4) is 0 Å². The predicted molar refractivity (Wildman–Crippen MR) is 74.0 cm³/mol. The monoisotopic (exact) mass is 241 g/mol. The molecule has 0 amide bonds. The zero-order valence-corrected chi connectivity index (χ0v) is 10.9. The minimum atomic E-state index is 0.662. The van der Waals surface area contributed by atoms with E-state index in [1.165, 1.54) is 0 Å². The van der Waals surface area contributed by atoms with Crippen LogP contribution >= 0.6 is 0 Å². The molecule has 0 spiro atoms. The first kappa shape index (κ1) is 12.7. The molecule has 3 heteroatoms. The summed E-state index contributed by atoms with van der Waals surface area (Å²) in [6, 6.07) is 10.0. The Morgan fingerprint density at radius 3 is 2.33 bits per heavy atom. The highest BCUT2D eigenvalue weighted by Gasteiger charge is 2.00. The van der Waals surface area contributed by atoms with Crippen molar-refractivity contribution in [3.05, 3.63) is 48.3 Å². The highest BCUT2D eigenvalue weighted by molar-refractivity contribution is 5.53. The average Bonchev–Trinajstić information content (AvgIpc) is 2.40. The molecule has 0 saturated carbocycles. The van der Waals surface area contributed by atoms with Crippen LogP contribution in [0, 0.1) is 5.92 Å². The molecule has 0 fully saturated rings. The largest absolute Gasteiger partial charge is 0.312 e. The Hall–Kier alpha value is -1.74. The SMILES string of the molecule is CC(C)CNCc1cnc(-c2ccccc2)nc1. The quantitative estimate of drug-likeness (QED) is 0.874. The summed E-state index contributed by atoms with van der Waals surface area (Å²) >= 11 is 0. The smallest absolute Gasteiger partial charge is 0.159 e. The summed E-state index contributed by atoms with van der Waals surface area (Å²) in [4.78, 5) is 8.79. The highest BCUT2D eigenvalue weighted by Crippen LogP contribution is 2.12. The molecule has 1 aromatic carbocycles. The summed E-state index contributed by atoms with van der Waals surface area (Å²) in [5.41, 5.74) is 2.18. The zero-order valence-electron chi connectivity index (χ0n) is 10.9. The van der Waals surface area contributed by atoms with Crippen molar-refractivity contribution in [2.24, 2.45) is 5.92 Å². The van der Waals surface area contributed by atoms with Crippen molar-refractivity contribution in [2.75, 3.05) is 6.54 Å². The van der Waals surface area contributed by atoms with Gasteiger partial charge in [0, 0.05) is 30.1 Å². The summed E-state index contributed by atoms with van der Waals surface area (Å²) in [7, 11) is 0. The van der Waals surface area contributed by atoms with Gasteiger partial charge in [-0.3, -0.25) is 0 Å². The van der Waals surface area contributed by atoms with E-state index in [4.69, 9.17) is 0 Å². The fourth-order valence-corrected chi connectivity index (χ4v) is 1.69. The Balaban J connectivity index is 1.98. The molecule has 0 atom stereocenters. The second-order valence-electron chi connectivity index (χ2n) is 4.81. The van der Waals surface area contributed by atoms with Crippen LogP contribution in [0.5, 0.6) is 0 Å². The van der Waals surface area contributed by atoms with Gasteiger partial charge in [0.25, 0.3) is 0 Å². The summed E-state index contributed by atoms with van der Waals surface area (Å²) in [6.45, 7) is 6.23. The molecule has 1 heterocycles.